The molecule has 0 aromatic heterocycles. The molecule has 12 rings (SSSR count). The predicted octanol–water partition coefficient (Wildman–Crippen LogP) is 2.20. The third kappa shape index (κ3) is 22.8. The third-order valence-corrected chi connectivity index (χ3v) is 21.9. The van der Waals surface area contributed by atoms with Crippen molar-refractivity contribution in [3.05, 3.63) is 118 Å². The Morgan fingerprint density at radius 2 is 1.34 bits per heavy atom. The molecule has 0 aliphatic carbocycles. The van der Waals surface area contributed by atoms with Gasteiger partial charge in [-0.05, 0) is 122 Å². The van der Waals surface area contributed by atoms with E-state index in [2.05, 4.69) is 49.5 Å². The lowest BCUT2D eigenvalue weighted by Crippen LogP contribution is -2.65. The summed E-state index contributed by atoms with van der Waals surface area (Å²) in [7, 11) is 1.47. The summed E-state index contributed by atoms with van der Waals surface area (Å²) >= 11 is 7.16. The van der Waals surface area contributed by atoms with Crippen LogP contribution in [0, 0.1) is 5.92 Å². The number of hydrogen-bond acceptors (Lipinski definition) is 28. The van der Waals surface area contributed by atoms with Gasteiger partial charge in [-0.25, -0.2) is 4.79 Å². The first kappa shape index (κ1) is 92.7. The molecule has 2 saturated heterocycles. The van der Waals surface area contributed by atoms with Crippen LogP contribution in [0.15, 0.2) is 84.9 Å². The second-order valence-electron chi connectivity index (χ2n) is 31.2. The summed E-state index contributed by atoms with van der Waals surface area (Å²) < 4.78 is 45.4. The van der Waals surface area contributed by atoms with Crippen molar-refractivity contribution < 1.29 is 137 Å². The van der Waals surface area contributed by atoms with Crippen LogP contribution in [-0.4, -0.2) is 234 Å². The molecule has 3 unspecified atom stereocenters. The van der Waals surface area contributed by atoms with Crippen LogP contribution >= 0.6 is 11.6 Å². The molecule has 39 heteroatoms. The van der Waals surface area contributed by atoms with E-state index in [1.54, 1.807) is 13.8 Å². The second-order valence-corrected chi connectivity index (χ2v) is 31.6. The number of aromatic hydroxyl groups is 3. The van der Waals surface area contributed by atoms with Crippen LogP contribution in [0.3, 0.4) is 0 Å². The van der Waals surface area contributed by atoms with Gasteiger partial charge >= 0.3 is 11.9 Å². The van der Waals surface area contributed by atoms with E-state index >= 15 is 19.2 Å². The van der Waals surface area contributed by atoms with Crippen LogP contribution in [0.25, 0.3) is 11.1 Å². The van der Waals surface area contributed by atoms with Crippen LogP contribution < -0.4 is 67.8 Å². The number of halogens is 1. The van der Waals surface area contributed by atoms with E-state index < -0.39 is 256 Å². The molecule has 11 bridgehead atoms. The average molecular weight is 1710 g/mol. The molecule has 7 aliphatic heterocycles. The smallest absolute Gasteiger partial charge is 0.326 e. The predicted molar refractivity (Wildman–Crippen MR) is 426 cm³/mol. The summed E-state index contributed by atoms with van der Waals surface area (Å²) in [5.74, 6) is -19.6. The number of rotatable bonds is 30. The van der Waals surface area contributed by atoms with Crippen LogP contribution in [0.2, 0.25) is 5.02 Å². The topological polar surface area (TPSA) is 592 Å². The Bertz CT molecular complexity index is 4580. The van der Waals surface area contributed by atoms with Crippen molar-refractivity contribution in [2.24, 2.45) is 11.7 Å². The van der Waals surface area contributed by atoms with E-state index in [9.17, 15) is 84.9 Å². The second kappa shape index (κ2) is 41.3. The number of aliphatic hydroxyl groups excluding tert-OH is 6. The van der Waals surface area contributed by atoms with Crippen molar-refractivity contribution in [2.45, 2.75) is 227 Å². The summed E-state index contributed by atoms with van der Waals surface area (Å²) in [4.78, 5) is 144. The normalized spacial score (nSPS) is 26.7. The maximum absolute atomic E-state index is 16.3. The van der Waals surface area contributed by atoms with Crippen molar-refractivity contribution in [1.82, 2.24) is 47.9 Å². The van der Waals surface area contributed by atoms with Crippen molar-refractivity contribution in [3.63, 3.8) is 0 Å². The quantitative estimate of drug-likeness (QED) is 0.0293. The van der Waals surface area contributed by atoms with Crippen molar-refractivity contribution in [3.8, 4) is 57.1 Å². The Hall–Kier alpha value is -10.6. The van der Waals surface area contributed by atoms with E-state index in [1.165, 1.54) is 50.6 Å². The molecule has 5 aromatic rings. The largest absolute Gasteiger partial charge is 0.508 e. The van der Waals surface area contributed by atoms with E-state index in [4.69, 9.17) is 50.5 Å². The highest BCUT2D eigenvalue weighted by Gasteiger charge is 2.52. The number of carboxylic acid groups (broad SMARTS) is 2. The molecule has 0 spiro atoms. The Balaban J connectivity index is 1.16. The number of aliphatic hydroxyl groups is 6. The van der Waals surface area contributed by atoms with Gasteiger partial charge in [0.15, 0.2) is 23.9 Å². The number of unbranched alkanes of at least 4 members (excludes halogenated alkanes) is 7. The molecular weight excluding hydrogens is 1610 g/mol. The van der Waals surface area contributed by atoms with E-state index in [0.717, 1.165) is 92.8 Å². The number of primary amides is 1. The van der Waals surface area contributed by atoms with Gasteiger partial charge in [0.05, 0.1) is 49.3 Å². The van der Waals surface area contributed by atoms with Gasteiger partial charge in [0.2, 0.25) is 59.3 Å². The minimum Gasteiger partial charge on any atom is -0.508 e. The highest BCUT2D eigenvalue weighted by molar-refractivity contribution is 6.32. The van der Waals surface area contributed by atoms with Gasteiger partial charge in [-0.15, -0.1) is 0 Å². The number of carboxylic acids is 2. The molecule has 38 nitrogen and oxygen atoms in total. The maximum atomic E-state index is 16.3. The molecule has 8 amide bonds. The van der Waals surface area contributed by atoms with E-state index in [1.807, 2.05) is 19.2 Å². The first-order chi connectivity index (χ1) is 57.5. The molecule has 19 atom stereocenters. The van der Waals surface area contributed by atoms with Gasteiger partial charge in [0.1, 0.15) is 102 Å². The van der Waals surface area contributed by atoms with Gasteiger partial charge in [-0.2, -0.15) is 0 Å². The molecule has 7 heterocycles. The van der Waals surface area contributed by atoms with Crippen molar-refractivity contribution in [1.29, 1.82) is 0 Å². The van der Waals surface area contributed by atoms with Crippen LogP contribution in [0.1, 0.15) is 170 Å². The molecular formula is C82H105ClN10O28. The molecule has 0 radical (unpaired) electrons. The SMILES string of the molecule is CCCCCCCCCCOCCN[C@@]1(C)C[C@H](O[C@H]2[C@H](Oc3c4cc5cc3Oc3ccc(cc3Cl)[C@@H](O)C(NC(=O)[C@H](CC(C)C)NC)C(=O)N[C@@H](CC(N)=O)C(=O)N[C@H]5C(=O)NC3C(=O)N[C@H](C(=O)N[C@H](C(=O)NC(CC(=O)O)C(=O)O)c5cc(O)cc(O)c5-c5cc3ccc5O)[C@H](O)c3ccc(cc3)O4)O[C@H](CO)[C@@H](O)[C@@H]2O)O[C@@H](C)[C@H]1O. The first-order valence-corrected chi connectivity index (χ1v) is 40.2. The monoisotopic (exact) mass is 1710 g/mol. The molecule has 658 valence electrons. The lowest BCUT2D eigenvalue weighted by molar-refractivity contribution is -0.334. The average Bonchev–Trinajstić information content (AvgIpc) is 0.754. The van der Waals surface area contributed by atoms with Gasteiger partial charge in [0.25, 0.3) is 0 Å². The number of benzene rings is 5. The summed E-state index contributed by atoms with van der Waals surface area (Å²) in [6, 6.07) is -2.06. The zero-order valence-corrected chi connectivity index (χ0v) is 67.9. The number of hydrogen-bond donors (Lipinski definition) is 21. The zero-order chi connectivity index (χ0) is 88.0. The van der Waals surface area contributed by atoms with Crippen LogP contribution in [0.5, 0.6) is 46.0 Å². The lowest BCUT2D eigenvalue weighted by Gasteiger charge is -2.48. The van der Waals surface area contributed by atoms with Gasteiger partial charge in [0, 0.05) is 42.3 Å². The summed E-state index contributed by atoms with van der Waals surface area (Å²) in [5.41, 5.74) is 1.45. The standard InChI is InChI=1S/C82H105ClN10O28/c1-7-8-9-10-11-12-13-14-24-115-25-23-86-82(5)35-59(116-38(4)72(82)105)120-71-69(104)68(103)56(36-94)119-81(71)121-70-54-29-42-30-55(70)118-53-22-18-41(28-47(53)83)67(102)65(92-73(106)48(85-6)26-37(2)3)78(111)87-49(33-57(84)98)74(107)89-62(42)76(109)90-61-40-17-21-51(96)45(27-40)60-46(31-43(95)32-52(60)97)63(77(110)88-50(80(113)114)34-58(99)100)91-79(112)64(93-75(61)108)66(101)39-15-19-44(117-54)20-16-39/h15-22,27-32,37-38,48-50,56,59,61-69,71-72,81,85-86,94-97,101-105H,7-14,23-26,33-36H2,1-6H3,(H2,84,98)(H,87,111)(H,88,110)(H,89,107)(H,90,109)(H,91,112)(H,92,106)(H,93,108)(H,99,100)(H,113,114)/t38-,48-,49-,50?,56+,59-,61?,62+,63-,64-,65?,66+,67+,68+,69-,71+,72+,81-,82-/m0/s1. The molecule has 5 aromatic carbocycles. The number of nitrogens with one attached hydrogen (secondary N) is 9. The van der Waals surface area contributed by atoms with Gasteiger partial charge in [-0.1, -0.05) is 102 Å². The number of phenolic OH excluding ortho intramolecular Hbond substituents is 3. The third-order valence-electron chi connectivity index (χ3n) is 21.6. The number of phenols is 3. The first-order valence-electron chi connectivity index (χ1n) is 39.8. The number of likely N-dealkylation sites (N-methyl/N-ethyl adjacent to an activating group) is 1. The van der Waals surface area contributed by atoms with Gasteiger partial charge < -0.3 is 143 Å². The minimum atomic E-state index is -2.38. The number of nitrogens with two attached hydrogens (primary N) is 1. The number of fused-ring (bicyclic) bond motifs is 15. The fourth-order valence-electron chi connectivity index (χ4n) is 15.1. The van der Waals surface area contributed by atoms with Crippen molar-refractivity contribution >= 4 is 70.8 Å². The lowest BCUT2D eigenvalue weighted by atomic mass is 9.85. The van der Waals surface area contributed by atoms with E-state index in [-0.39, 0.29) is 59.6 Å². The summed E-state index contributed by atoms with van der Waals surface area (Å²) in [6.07, 6.45) is -11.0. The highest BCUT2D eigenvalue weighted by Crippen LogP contribution is 2.49. The molecule has 0 saturated carbocycles. The summed E-state index contributed by atoms with van der Waals surface area (Å²) in [6.45, 7) is 9.13. The van der Waals surface area contributed by atoms with Gasteiger partial charge in [-0.3, -0.25) is 43.2 Å². The molecule has 121 heavy (non-hydrogen) atoms. The Kier molecular flexibility index (Phi) is 31.7. The fraction of sp³-hybridized carbons (Fsp3) is 0.512. The number of aliphatic carboxylic acids is 2. The van der Waals surface area contributed by atoms with Crippen LogP contribution in [-0.2, 0) is 66.9 Å². The fourth-order valence-corrected chi connectivity index (χ4v) is 15.3. The Morgan fingerprint density at radius 1 is 0.686 bits per heavy atom. The molecule has 22 N–H and O–H groups in total. The van der Waals surface area contributed by atoms with E-state index in [0.29, 0.717) is 6.61 Å². The molecule has 7 aliphatic rings. The number of carbonyl (C=O) groups excluding carboxylic acids is 8. The van der Waals surface area contributed by atoms with Crippen LogP contribution in [0.4, 0.5) is 0 Å². The summed E-state index contributed by atoms with van der Waals surface area (Å²) in [5, 5.41) is 149. The Morgan fingerprint density at radius 3 is 1.99 bits per heavy atom. The Labute approximate surface area is 699 Å². The number of amides is 8. The number of ether oxygens (including phenoxy) is 7. The maximum Gasteiger partial charge on any atom is 0.326 e. The number of carbonyl (C=O) groups is 10. The zero-order valence-electron chi connectivity index (χ0n) is 67.2. The molecule has 2 fully saturated rings. The highest BCUT2D eigenvalue weighted by atomic mass is 35.5. The van der Waals surface area contributed by atoms with Crippen molar-refractivity contribution in [2.75, 3.05) is 33.4 Å². The minimum absolute atomic E-state index is 0.118.